The number of nitrogens with zero attached hydrogens (tertiary/aromatic N) is 1. The van der Waals surface area contributed by atoms with E-state index in [9.17, 15) is 9.18 Å². The zero-order valence-electron chi connectivity index (χ0n) is 15.0. The first-order chi connectivity index (χ1) is 13.1. The number of ether oxygens (including phenoxy) is 2. The van der Waals surface area contributed by atoms with Crippen LogP contribution in [0.15, 0.2) is 47.8 Å². The monoisotopic (exact) mass is 386 g/mol. The maximum Gasteiger partial charge on any atom is 0.258 e. The molecule has 0 unspecified atom stereocenters. The van der Waals surface area contributed by atoms with Crippen LogP contribution in [0.3, 0.4) is 0 Å². The molecule has 0 fully saturated rings. The minimum atomic E-state index is -0.296. The van der Waals surface area contributed by atoms with E-state index in [1.165, 1.54) is 31.6 Å². The van der Waals surface area contributed by atoms with Crippen molar-refractivity contribution in [1.82, 2.24) is 10.3 Å². The number of thiazole rings is 1. The van der Waals surface area contributed by atoms with Crippen LogP contribution in [0.5, 0.6) is 11.5 Å². The number of methoxy groups -OCH3 is 2. The molecular formula is C20H19FN2O3S. The largest absolute Gasteiger partial charge is 0.496 e. The first-order valence-electron chi connectivity index (χ1n) is 8.32. The zero-order valence-corrected chi connectivity index (χ0v) is 15.8. The molecule has 140 valence electrons. The van der Waals surface area contributed by atoms with E-state index in [4.69, 9.17) is 9.47 Å². The average molecular weight is 386 g/mol. The van der Waals surface area contributed by atoms with Crippen molar-refractivity contribution in [1.29, 1.82) is 0 Å². The van der Waals surface area contributed by atoms with Crippen LogP contribution >= 0.6 is 11.3 Å². The topological polar surface area (TPSA) is 60.5 Å². The maximum absolute atomic E-state index is 13.9. The molecule has 1 N–H and O–H groups in total. The van der Waals surface area contributed by atoms with E-state index >= 15 is 0 Å². The van der Waals surface area contributed by atoms with E-state index in [0.29, 0.717) is 40.6 Å². The van der Waals surface area contributed by atoms with E-state index in [-0.39, 0.29) is 11.7 Å². The molecule has 3 rings (SSSR count). The van der Waals surface area contributed by atoms with Gasteiger partial charge in [-0.05, 0) is 24.3 Å². The van der Waals surface area contributed by atoms with Crippen LogP contribution < -0.4 is 14.8 Å². The minimum absolute atomic E-state index is 0.283. The van der Waals surface area contributed by atoms with Crippen LogP contribution in [0.1, 0.15) is 16.1 Å². The Balaban J connectivity index is 1.64. The van der Waals surface area contributed by atoms with Crippen molar-refractivity contribution in [3.63, 3.8) is 0 Å². The number of benzene rings is 2. The Bertz CT molecular complexity index is 920. The summed E-state index contributed by atoms with van der Waals surface area (Å²) in [6.07, 6.45) is 0.536. The normalized spacial score (nSPS) is 10.5. The van der Waals surface area contributed by atoms with Crippen molar-refractivity contribution < 1.29 is 18.7 Å². The van der Waals surface area contributed by atoms with Gasteiger partial charge in [-0.3, -0.25) is 4.79 Å². The SMILES string of the molecule is COc1cccc(OC)c1C(=O)NCCc1csc(-c2ccccc2F)n1. The zero-order chi connectivity index (χ0) is 19.2. The van der Waals surface area contributed by atoms with Gasteiger partial charge in [0.2, 0.25) is 0 Å². The van der Waals surface area contributed by atoms with Crippen molar-refractivity contribution in [3.05, 3.63) is 64.9 Å². The van der Waals surface area contributed by atoms with Crippen molar-refractivity contribution in [3.8, 4) is 22.1 Å². The lowest BCUT2D eigenvalue weighted by Gasteiger charge is -2.12. The number of hydrogen-bond acceptors (Lipinski definition) is 5. The second kappa shape index (κ2) is 8.64. The average Bonchev–Trinajstić information content (AvgIpc) is 3.16. The van der Waals surface area contributed by atoms with Gasteiger partial charge in [-0.1, -0.05) is 18.2 Å². The highest BCUT2D eigenvalue weighted by Gasteiger charge is 2.18. The van der Waals surface area contributed by atoms with Gasteiger partial charge in [0.05, 0.1) is 19.9 Å². The lowest BCUT2D eigenvalue weighted by atomic mass is 10.1. The van der Waals surface area contributed by atoms with Crippen LogP contribution in [0.2, 0.25) is 0 Å². The molecule has 0 aliphatic rings. The number of rotatable bonds is 7. The smallest absolute Gasteiger partial charge is 0.258 e. The Kier molecular flexibility index (Phi) is 6.03. The Labute approximate surface area is 160 Å². The van der Waals surface area contributed by atoms with Gasteiger partial charge in [0.25, 0.3) is 5.91 Å². The predicted octanol–water partition coefficient (Wildman–Crippen LogP) is 3.94. The first kappa shape index (κ1) is 18.8. The van der Waals surface area contributed by atoms with E-state index < -0.39 is 0 Å². The molecule has 7 heteroatoms. The van der Waals surface area contributed by atoms with E-state index in [0.717, 1.165) is 5.69 Å². The molecule has 0 saturated heterocycles. The standard InChI is InChI=1S/C20H19FN2O3S/c1-25-16-8-5-9-17(26-2)18(16)19(24)22-11-10-13-12-27-20(23-13)14-6-3-4-7-15(14)21/h3-9,12H,10-11H2,1-2H3,(H,22,24). The lowest BCUT2D eigenvalue weighted by molar-refractivity contribution is 0.0948. The summed E-state index contributed by atoms with van der Waals surface area (Å²) in [5, 5.41) is 5.35. The second-order valence-corrected chi connectivity index (χ2v) is 6.53. The molecule has 0 saturated carbocycles. The Hall–Kier alpha value is -2.93. The van der Waals surface area contributed by atoms with E-state index in [1.807, 2.05) is 5.38 Å². The second-order valence-electron chi connectivity index (χ2n) is 5.67. The highest BCUT2D eigenvalue weighted by Crippen LogP contribution is 2.28. The molecule has 1 amide bonds. The van der Waals surface area contributed by atoms with Crippen molar-refractivity contribution in [2.75, 3.05) is 20.8 Å². The molecule has 0 bridgehead atoms. The van der Waals surface area contributed by atoms with Crippen molar-refractivity contribution in [2.45, 2.75) is 6.42 Å². The number of nitrogens with one attached hydrogen (secondary N) is 1. The summed E-state index contributed by atoms with van der Waals surface area (Å²) in [7, 11) is 3.01. The highest BCUT2D eigenvalue weighted by molar-refractivity contribution is 7.13. The number of carbonyl (C=O) groups is 1. The fourth-order valence-electron chi connectivity index (χ4n) is 2.65. The van der Waals surface area contributed by atoms with E-state index in [1.54, 1.807) is 36.4 Å². The number of amides is 1. The Morgan fingerprint density at radius 2 is 1.81 bits per heavy atom. The number of aromatic nitrogens is 1. The quantitative estimate of drug-likeness (QED) is 0.668. The maximum atomic E-state index is 13.9. The van der Waals surface area contributed by atoms with Gasteiger partial charge in [-0.15, -0.1) is 11.3 Å². The molecule has 0 aliphatic carbocycles. The molecular weight excluding hydrogens is 367 g/mol. The fourth-order valence-corrected chi connectivity index (χ4v) is 3.53. The van der Waals surface area contributed by atoms with Crippen LogP contribution in [0.25, 0.3) is 10.6 Å². The highest BCUT2D eigenvalue weighted by atomic mass is 32.1. The van der Waals surface area contributed by atoms with Crippen LogP contribution in [0, 0.1) is 5.82 Å². The van der Waals surface area contributed by atoms with Crippen LogP contribution in [0.4, 0.5) is 4.39 Å². The molecule has 0 radical (unpaired) electrons. The lowest BCUT2D eigenvalue weighted by Crippen LogP contribution is -2.26. The summed E-state index contributed by atoms with van der Waals surface area (Å²) in [5.74, 6) is 0.313. The number of carbonyl (C=O) groups excluding carboxylic acids is 1. The summed E-state index contributed by atoms with van der Waals surface area (Å²) in [6, 6.07) is 11.7. The number of hydrogen-bond donors (Lipinski definition) is 1. The molecule has 1 aromatic heterocycles. The summed E-state index contributed by atoms with van der Waals surface area (Å²) in [5.41, 5.74) is 1.63. The first-order valence-corrected chi connectivity index (χ1v) is 9.20. The minimum Gasteiger partial charge on any atom is -0.496 e. The Morgan fingerprint density at radius 3 is 2.48 bits per heavy atom. The van der Waals surface area contributed by atoms with Crippen molar-refractivity contribution in [2.24, 2.45) is 0 Å². The molecule has 5 nitrogen and oxygen atoms in total. The van der Waals surface area contributed by atoms with Gasteiger partial charge >= 0.3 is 0 Å². The third kappa shape index (κ3) is 4.25. The van der Waals surface area contributed by atoms with Gasteiger partial charge < -0.3 is 14.8 Å². The summed E-state index contributed by atoms with van der Waals surface area (Å²) < 4.78 is 24.4. The van der Waals surface area contributed by atoms with Crippen LogP contribution in [-0.2, 0) is 6.42 Å². The number of halogens is 1. The summed E-state index contributed by atoms with van der Waals surface area (Å²) in [6.45, 7) is 0.389. The molecule has 0 spiro atoms. The van der Waals surface area contributed by atoms with Gasteiger partial charge in [0.1, 0.15) is 27.9 Å². The molecule has 0 atom stereocenters. The third-order valence-electron chi connectivity index (χ3n) is 3.98. The van der Waals surface area contributed by atoms with Gasteiger partial charge in [-0.2, -0.15) is 0 Å². The fraction of sp³-hybridized carbons (Fsp3) is 0.200. The van der Waals surface area contributed by atoms with E-state index in [2.05, 4.69) is 10.3 Å². The van der Waals surface area contributed by atoms with Crippen molar-refractivity contribution >= 4 is 17.2 Å². The molecule has 1 heterocycles. The van der Waals surface area contributed by atoms with Crippen LogP contribution in [-0.4, -0.2) is 31.7 Å². The predicted molar refractivity (Wildman–Crippen MR) is 103 cm³/mol. The molecule has 2 aromatic carbocycles. The summed E-state index contributed by atoms with van der Waals surface area (Å²) in [4.78, 5) is 17.0. The molecule has 3 aromatic rings. The molecule has 0 aliphatic heterocycles. The van der Waals surface area contributed by atoms with Gasteiger partial charge in [-0.25, -0.2) is 9.37 Å². The summed E-state index contributed by atoms with van der Waals surface area (Å²) >= 11 is 1.38. The Morgan fingerprint density at radius 1 is 1.11 bits per heavy atom. The van der Waals surface area contributed by atoms with Gasteiger partial charge in [0, 0.05) is 23.9 Å². The van der Waals surface area contributed by atoms with Gasteiger partial charge in [0.15, 0.2) is 0 Å². The third-order valence-corrected chi connectivity index (χ3v) is 4.90. The molecule has 27 heavy (non-hydrogen) atoms.